The summed E-state index contributed by atoms with van der Waals surface area (Å²) in [7, 11) is 1.79. The molecule has 2 aliphatic rings. The van der Waals surface area contributed by atoms with Gasteiger partial charge < -0.3 is 15.4 Å². The Morgan fingerprint density at radius 1 is 1.69 bits per heavy atom. The highest BCUT2D eigenvalue weighted by atomic mass is 16.5. The van der Waals surface area contributed by atoms with E-state index in [2.05, 4.69) is 16.5 Å². The molecule has 1 saturated carbocycles. The zero-order valence-corrected chi connectivity index (χ0v) is 9.98. The Balaban J connectivity index is 2.24. The van der Waals surface area contributed by atoms with Gasteiger partial charge in [0.1, 0.15) is 0 Å². The topological polar surface area (TPSA) is 50.8 Å². The van der Waals surface area contributed by atoms with E-state index in [0.29, 0.717) is 5.96 Å². The highest BCUT2D eigenvalue weighted by Crippen LogP contribution is 2.38. The Bertz CT molecular complexity index is 303. The number of rotatable bonds is 3. The maximum atomic E-state index is 5.96. The number of nitrogens with two attached hydrogens (primary N) is 1. The Morgan fingerprint density at radius 3 is 3.19 bits per heavy atom. The third-order valence-electron chi connectivity index (χ3n) is 3.85. The van der Waals surface area contributed by atoms with Gasteiger partial charge in [-0.3, -0.25) is 4.99 Å². The van der Waals surface area contributed by atoms with Gasteiger partial charge in [0.05, 0.1) is 18.2 Å². The second-order valence-corrected chi connectivity index (χ2v) is 4.65. The van der Waals surface area contributed by atoms with Gasteiger partial charge in [0.2, 0.25) is 0 Å². The molecule has 0 bridgehead atoms. The van der Waals surface area contributed by atoms with Crippen molar-refractivity contribution in [3.63, 3.8) is 0 Å². The second kappa shape index (κ2) is 4.45. The molecule has 90 valence electrons. The van der Waals surface area contributed by atoms with Gasteiger partial charge in [0.15, 0.2) is 5.96 Å². The minimum atomic E-state index is -0.00866. The first-order valence-corrected chi connectivity index (χ1v) is 5.96. The van der Waals surface area contributed by atoms with E-state index in [1.165, 1.54) is 12.8 Å². The van der Waals surface area contributed by atoms with E-state index in [4.69, 9.17) is 10.5 Å². The predicted molar refractivity (Wildman–Crippen MR) is 65.4 cm³/mol. The number of methoxy groups -OCH3 is 1. The van der Waals surface area contributed by atoms with Crippen LogP contribution in [-0.4, -0.2) is 42.7 Å². The lowest BCUT2D eigenvalue weighted by Gasteiger charge is -2.46. The Labute approximate surface area is 97.2 Å². The molecule has 4 heteroatoms. The third-order valence-corrected chi connectivity index (χ3v) is 3.85. The van der Waals surface area contributed by atoms with E-state index in [1.807, 2.05) is 6.08 Å². The summed E-state index contributed by atoms with van der Waals surface area (Å²) < 4.78 is 5.65. The Kier molecular flexibility index (Phi) is 3.19. The average molecular weight is 223 g/mol. The molecule has 4 nitrogen and oxygen atoms in total. The van der Waals surface area contributed by atoms with Gasteiger partial charge in [-0.15, -0.1) is 6.58 Å². The van der Waals surface area contributed by atoms with Crippen LogP contribution in [0.3, 0.4) is 0 Å². The lowest BCUT2D eigenvalue weighted by atomic mass is 9.78. The fourth-order valence-corrected chi connectivity index (χ4v) is 3.04. The van der Waals surface area contributed by atoms with Crippen molar-refractivity contribution in [1.29, 1.82) is 0 Å². The molecule has 1 spiro atoms. The van der Waals surface area contributed by atoms with E-state index >= 15 is 0 Å². The number of aliphatic imine (C=N–C) groups is 1. The molecule has 0 aromatic rings. The summed E-state index contributed by atoms with van der Waals surface area (Å²) in [4.78, 5) is 6.58. The zero-order chi connectivity index (χ0) is 11.6. The summed E-state index contributed by atoms with van der Waals surface area (Å²) in [5.41, 5.74) is 5.95. The fraction of sp³-hybridized carbons (Fsp3) is 0.750. The molecule has 2 N–H and O–H groups in total. The minimum absolute atomic E-state index is 0.00866. The molecule has 0 radical (unpaired) electrons. The summed E-state index contributed by atoms with van der Waals surface area (Å²) in [5, 5.41) is 0. The van der Waals surface area contributed by atoms with Crippen molar-refractivity contribution in [3.8, 4) is 0 Å². The van der Waals surface area contributed by atoms with Crippen molar-refractivity contribution in [3.05, 3.63) is 12.7 Å². The molecule has 2 atom stereocenters. The largest absolute Gasteiger partial charge is 0.379 e. The highest BCUT2D eigenvalue weighted by molar-refractivity contribution is 5.81. The summed E-state index contributed by atoms with van der Waals surface area (Å²) >= 11 is 0. The smallest absolute Gasteiger partial charge is 0.192 e. The molecule has 16 heavy (non-hydrogen) atoms. The highest BCUT2D eigenvalue weighted by Gasteiger charge is 2.49. The maximum absolute atomic E-state index is 5.96. The molecule has 2 rings (SSSR count). The molecule has 1 aliphatic heterocycles. The Morgan fingerprint density at radius 2 is 2.50 bits per heavy atom. The second-order valence-electron chi connectivity index (χ2n) is 4.65. The summed E-state index contributed by atoms with van der Waals surface area (Å²) in [6, 6.07) is 0. The first-order valence-electron chi connectivity index (χ1n) is 5.96. The summed E-state index contributed by atoms with van der Waals surface area (Å²) in [6.07, 6.45) is 6.82. The van der Waals surface area contributed by atoms with E-state index in [1.54, 1.807) is 7.11 Å². The SMILES string of the molecule is C=CCN1C(N)=NCC12CCCCC2OC. The molecule has 0 saturated heterocycles. The lowest BCUT2D eigenvalue weighted by Crippen LogP contribution is -2.60. The zero-order valence-electron chi connectivity index (χ0n) is 9.98. The van der Waals surface area contributed by atoms with Crippen molar-refractivity contribution in [2.75, 3.05) is 20.2 Å². The van der Waals surface area contributed by atoms with Crippen LogP contribution in [0.4, 0.5) is 0 Å². The molecule has 0 aromatic carbocycles. The van der Waals surface area contributed by atoms with Crippen LogP contribution in [0.2, 0.25) is 0 Å². The van der Waals surface area contributed by atoms with Gasteiger partial charge in [0, 0.05) is 13.7 Å². The van der Waals surface area contributed by atoms with E-state index in [0.717, 1.165) is 25.9 Å². The van der Waals surface area contributed by atoms with Gasteiger partial charge in [0.25, 0.3) is 0 Å². The molecule has 2 unspecified atom stereocenters. The fourth-order valence-electron chi connectivity index (χ4n) is 3.04. The van der Waals surface area contributed by atoms with Crippen LogP contribution >= 0.6 is 0 Å². The van der Waals surface area contributed by atoms with Crippen molar-refractivity contribution in [1.82, 2.24) is 4.90 Å². The minimum Gasteiger partial charge on any atom is -0.379 e. The van der Waals surface area contributed by atoms with Crippen molar-refractivity contribution >= 4 is 5.96 Å². The van der Waals surface area contributed by atoms with Crippen LogP contribution in [0.25, 0.3) is 0 Å². The van der Waals surface area contributed by atoms with Crippen LogP contribution in [0.15, 0.2) is 17.6 Å². The predicted octanol–water partition coefficient (Wildman–Crippen LogP) is 1.13. The number of hydrogen-bond donors (Lipinski definition) is 1. The van der Waals surface area contributed by atoms with E-state index < -0.39 is 0 Å². The molecule has 0 amide bonds. The standard InChI is InChI=1S/C12H21N3O/c1-3-8-15-11(13)14-9-12(15)7-5-4-6-10(12)16-2/h3,10H,1,4-9H2,2H3,(H2,13,14). The molecule has 1 fully saturated rings. The van der Waals surface area contributed by atoms with Gasteiger partial charge >= 0.3 is 0 Å². The van der Waals surface area contributed by atoms with E-state index in [9.17, 15) is 0 Å². The van der Waals surface area contributed by atoms with Crippen molar-refractivity contribution in [2.45, 2.75) is 37.3 Å². The van der Waals surface area contributed by atoms with E-state index in [-0.39, 0.29) is 11.6 Å². The quantitative estimate of drug-likeness (QED) is 0.730. The van der Waals surface area contributed by atoms with Crippen molar-refractivity contribution < 1.29 is 4.74 Å². The molecule has 0 aromatic heterocycles. The van der Waals surface area contributed by atoms with Gasteiger partial charge in [-0.25, -0.2) is 0 Å². The number of hydrogen-bond acceptors (Lipinski definition) is 4. The molecular weight excluding hydrogens is 202 g/mol. The van der Waals surface area contributed by atoms with Crippen LogP contribution in [-0.2, 0) is 4.74 Å². The molecule has 1 aliphatic carbocycles. The maximum Gasteiger partial charge on any atom is 0.192 e. The first kappa shape index (κ1) is 11.5. The van der Waals surface area contributed by atoms with Gasteiger partial charge in [-0.2, -0.15) is 0 Å². The van der Waals surface area contributed by atoms with Crippen LogP contribution in [0.5, 0.6) is 0 Å². The average Bonchev–Trinajstić information content (AvgIpc) is 2.60. The number of guanidine groups is 1. The van der Waals surface area contributed by atoms with Gasteiger partial charge in [-0.1, -0.05) is 18.9 Å². The molecule has 1 heterocycles. The Hall–Kier alpha value is -1.03. The number of ether oxygens (including phenoxy) is 1. The van der Waals surface area contributed by atoms with Crippen LogP contribution < -0.4 is 5.73 Å². The normalized spacial score (nSPS) is 34.2. The molecular formula is C12H21N3O. The monoisotopic (exact) mass is 223 g/mol. The first-order chi connectivity index (χ1) is 7.74. The van der Waals surface area contributed by atoms with Crippen molar-refractivity contribution in [2.24, 2.45) is 10.7 Å². The third kappa shape index (κ3) is 1.61. The summed E-state index contributed by atoms with van der Waals surface area (Å²) in [5.74, 6) is 0.642. The lowest BCUT2D eigenvalue weighted by molar-refractivity contribution is -0.0388. The number of nitrogens with zero attached hydrogens (tertiary/aromatic N) is 2. The van der Waals surface area contributed by atoms with Gasteiger partial charge in [-0.05, 0) is 12.8 Å². The summed E-state index contributed by atoms with van der Waals surface area (Å²) in [6.45, 7) is 5.32. The van der Waals surface area contributed by atoms with Crippen LogP contribution in [0.1, 0.15) is 25.7 Å². The van der Waals surface area contributed by atoms with Crippen LogP contribution in [0, 0.1) is 0 Å².